The van der Waals surface area contributed by atoms with E-state index >= 15 is 0 Å². The number of amides is 1. The molecule has 0 aliphatic rings. The van der Waals surface area contributed by atoms with E-state index in [4.69, 9.17) is 4.43 Å². The predicted octanol–water partition coefficient (Wildman–Crippen LogP) is 7.92. The highest BCUT2D eigenvalue weighted by molar-refractivity contribution is 7.99. The normalized spacial score (nSPS) is 12.4. The summed E-state index contributed by atoms with van der Waals surface area (Å²) in [5.41, 5.74) is 2.12. The molecule has 0 atom stereocenters. The Kier molecular flexibility index (Phi) is 11.9. The molecule has 2 aromatic carbocycles. The number of hydrogen-bond acceptors (Lipinski definition) is 5. The molecule has 2 rings (SSSR count). The van der Waals surface area contributed by atoms with Gasteiger partial charge in [0.05, 0.1) is 24.1 Å². The first-order valence-corrected chi connectivity index (χ1v) is 19.1. The van der Waals surface area contributed by atoms with Crippen molar-refractivity contribution in [1.29, 1.82) is 0 Å². The average Bonchev–Trinajstić information content (AvgIpc) is 2.84. The molecule has 0 aliphatic heterocycles. The van der Waals surface area contributed by atoms with Crippen molar-refractivity contribution in [3.05, 3.63) is 53.6 Å². The number of anilines is 2. The van der Waals surface area contributed by atoms with E-state index in [1.165, 1.54) is 44.0 Å². The zero-order valence-electron chi connectivity index (χ0n) is 24.4. The highest BCUT2D eigenvalue weighted by Crippen LogP contribution is 2.37. The average molecular weight is 579 g/mol. The van der Waals surface area contributed by atoms with Crippen LogP contribution in [0.2, 0.25) is 18.1 Å². The molecule has 1 amide bonds. The monoisotopic (exact) mass is 578 g/mol. The van der Waals surface area contributed by atoms with Gasteiger partial charge in [-0.25, -0.2) is 8.42 Å². The van der Waals surface area contributed by atoms with Gasteiger partial charge in [-0.2, -0.15) is 0 Å². The zero-order chi connectivity index (χ0) is 28.6. The Labute approximate surface area is 236 Å². The van der Waals surface area contributed by atoms with Gasteiger partial charge in [-0.05, 0) is 72.3 Å². The molecule has 0 radical (unpaired) electrons. The maximum Gasteiger partial charge on any atom is 0.257 e. The molecule has 0 aliphatic carbocycles. The van der Waals surface area contributed by atoms with Crippen LogP contribution in [0.25, 0.3) is 0 Å². The van der Waals surface area contributed by atoms with E-state index in [0.29, 0.717) is 23.5 Å². The van der Waals surface area contributed by atoms with Gasteiger partial charge in [0.15, 0.2) is 8.32 Å². The molecule has 9 heteroatoms. The molecule has 212 valence electrons. The Morgan fingerprint density at radius 1 is 1.03 bits per heavy atom. The van der Waals surface area contributed by atoms with Crippen LogP contribution in [0.4, 0.5) is 11.4 Å². The van der Waals surface area contributed by atoms with Crippen molar-refractivity contribution in [2.45, 2.75) is 89.4 Å². The highest BCUT2D eigenvalue weighted by atomic mass is 32.2. The molecule has 0 saturated heterocycles. The van der Waals surface area contributed by atoms with Crippen LogP contribution in [-0.2, 0) is 21.1 Å². The van der Waals surface area contributed by atoms with Crippen molar-refractivity contribution in [2.75, 3.05) is 28.7 Å². The van der Waals surface area contributed by atoms with Gasteiger partial charge < -0.3 is 9.74 Å². The third-order valence-corrected chi connectivity index (χ3v) is 13.9. The van der Waals surface area contributed by atoms with Gasteiger partial charge in [-0.15, -0.1) is 11.8 Å². The Morgan fingerprint density at radius 2 is 1.66 bits per heavy atom. The number of thioether (sulfide) groups is 1. The summed E-state index contributed by atoms with van der Waals surface area (Å²) in [5, 5.41) is 2.98. The number of hydrogen-bond donors (Lipinski definition) is 1. The lowest BCUT2D eigenvalue weighted by Crippen LogP contribution is -2.40. The number of nitrogens with one attached hydrogen (secondary N) is 1. The molecule has 0 fully saturated rings. The third-order valence-electron chi connectivity index (χ3n) is 7.18. The van der Waals surface area contributed by atoms with E-state index < -0.39 is 18.3 Å². The zero-order valence-corrected chi connectivity index (χ0v) is 27.0. The van der Waals surface area contributed by atoms with Crippen molar-refractivity contribution in [2.24, 2.45) is 0 Å². The summed E-state index contributed by atoms with van der Waals surface area (Å²) in [6.45, 7) is 13.5. The van der Waals surface area contributed by atoms with Crippen LogP contribution in [-0.4, -0.2) is 41.7 Å². The first kappa shape index (κ1) is 32.4. The van der Waals surface area contributed by atoms with E-state index in [2.05, 4.69) is 46.1 Å². The minimum Gasteiger partial charge on any atom is -0.413 e. The lowest BCUT2D eigenvalue weighted by molar-refractivity contribution is 0.102. The fraction of sp³-hybridized carbons (Fsp3) is 0.552. The predicted molar refractivity (Wildman–Crippen MR) is 166 cm³/mol. The van der Waals surface area contributed by atoms with Crippen LogP contribution in [0.15, 0.2) is 47.4 Å². The molecule has 0 spiro atoms. The largest absolute Gasteiger partial charge is 0.413 e. The van der Waals surface area contributed by atoms with E-state index in [1.807, 2.05) is 42.1 Å². The number of carbonyl (C=O) groups is 1. The first-order chi connectivity index (χ1) is 17.7. The number of unbranched alkanes of at least 4 members (excludes halogenated alkanes) is 4. The second kappa shape index (κ2) is 14.0. The SMILES string of the molecule is CCCCCCCSc1ccc(NC(=O)c2ccc(CO[Si](C)(C)C(C)(C)C)cc2N(C)S(C)(=O)=O)cc1. The van der Waals surface area contributed by atoms with E-state index in [0.717, 1.165) is 21.9 Å². The molecule has 6 nitrogen and oxygen atoms in total. The standard InChI is InChI=1S/C29H46N2O4S2Si/c1-9-10-11-12-13-20-36-25-17-15-24(16-18-25)30-28(32)26-19-14-23(21-27(26)31(5)37(6,33)34)22-35-38(7,8)29(2,3)4/h14-19,21H,9-13,20,22H2,1-8H3,(H,30,32). The van der Waals surface area contributed by atoms with E-state index in [1.54, 1.807) is 12.1 Å². The Balaban J connectivity index is 2.15. The van der Waals surface area contributed by atoms with Crippen molar-refractivity contribution < 1.29 is 17.6 Å². The lowest BCUT2D eigenvalue weighted by Gasteiger charge is -2.36. The summed E-state index contributed by atoms with van der Waals surface area (Å²) in [5.74, 6) is 0.728. The van der Waals surface area contributed by atoms with Crippen LogP contribution in [0.3, 0.4) is 0 Å². The van der Waals surface area contributed by atoms with Crippen LogP contribution < -0.4 is 9.62 Å². The minimum absolute atomic E-state index is 0.0574. The van der Waals surface area contributed by atoms with E-state index in [-0.39, 0.29) is 10.9 Å². The van der Waals surface area contributed by atoms with Gasteiger partial charge >= 0.3 is 0 Å². The number of sulfonamides is 1. The molecule has 0 bridgehead atoms. The number of rotatable bonds is 14. The van der Waals surface area contributed by atoms with Crippen LogP contribution in [0.5, 0.6) is 0 Å². The fourth-order valence-corrected chi connectivity index (χ4v) is 5.89. The van der Waals surface area contributed by atoms with Gasteiger partial charge in [-0.3, -0.25) is 9.10 Å². The molecule has 1 N–H and O–H groups in total. The maximum atomic E-state index is 13.2. The summed E-state index contributed by atoms with van der Waals surface area (Å²) in [4.78, 5) is 14.4. The number of nitrogens with zero attached hydrogens (tertiary/aromatic N) is 1. The fourth-order valence-electron chi connectivity index (χ4n) is 3.51. The summed E-state index contributed by atoms with van der Waals surface area (Å²) >= 11 is 1.83. The minimum atomic E-state index is -3.57. The number of carbonyl (C=O) groups excluding carboxylic acids is 1. The van der Waals surface area contributed by atoms with Gasteiger partial charge in [0, 0.05) is 17.6 Å². The molecular formula is C29H46N2O4S2Si. The van der Waals surface area contributed by atoms with Crippen molar-refractivity contribution >= 4 is 47.4 Å². The summed E-state index contributed by atoms with van der Waals surface area (Å²) in [7, 11) is -4.09. The molecule has 0 heterocycles. The molecule has 38 heavy (non-hydrogen) atoms. The van der Waals surface area contributed by atoms with Crippen molar-refractivity contribution in [3.63, 3.8) is 0 Å². The number of benzene rings is 2. The molecule has 2 aromatic rings. The van der Waals surface area contributed by atoms with Gasteiger partial charge in [-0.1, -0.05) is 59.4 Å². The third kappa shape index (κ3) is 9.74. The molecule has 0 unspecified atom stereocenters. The summed E-state index contributed by atoms with van der Waals surface area (Å²) in [6.07, 6.45) is 7.45. The van der Waals surface area contributed by atoms with Crippen molar-refractivity contribution in [3.8, 4) is 0 Å². The van der Waals surface area contributed by atoms with Crippen LogP contribution >= 0.6 is 11.8 Å². The highest BCUT2D eigenvalue weighted by Gasteiger charge is 2.37. The van der Waals surface area contributed by atoms with Crippen LogP contribution in [0, 0.1) is 0 Å². The summed E-state index contributed by atoms with van der Waals surface area (Å²) < 4.78 is 32.3. The second-order valence-corrected chi connectivity index (χ2v) is 19.4. The molecule has 0 saturated carbocycles. The maximum absolute atomic E-state index is 13.2. The molecular weight excluding hydrogens is 533 g/mol. The first-order valence-electron chi connectivity index (χ1n) is 13.4. The van der Waals surface area contributed by atoms with Gasteiger partial charge in [0.1, 0.15) is 0 Å². The van der Waals surface area contributed by atoms with Crippen LogP contribution in [0.1, 0.15) is 75.7 Å². The Bertz CT molecular complexity index is 1160. The Morgan fingerprint density at radius 3 is 2.24 bits per heavy atom. The smallest absolute Gasteiger partial charge is 0.257 e. The second-order valence-electron chi connectivity index (χ2n) is 11.4. The Hall–Kier alpha value is -1.81. The van der Waals surface area contributed by atoms with Gasteiger partial charge in [0.25, 0.3) is 5.91 Å². The lowest BCUT2D eigenvalue weighted by atomic mass is 10.1. The summed E-state index contributed by atoms with van der Waals surface area (Å²) in [6, 6.07) is 13.1. The topological polar surface area (TPSA) is 75.7 Å². The molecule has 0 aromatic heterocycles. The quantitative estimate of drug-likeness (QED) is 0.140. The van der Waals surface area contributed by atoms with Gasteiger partial charge in [0.2, 0.25) is 10.0 Å². The van der Waals surface area contributed by atoms with E-state index in [9.17, 15) is 13.2 Å². The van der Waals surface area contributed by atoms with Crippen molar-refractivity contribution in [1.82, 2.24) is 0 Å².